The van der Waals surface area contributed by atoms with Gasteiger partial charge in [0.1, 0.15) is 0 Å². The molecule has 1 saturated heterocycles. The fraction of sp³-hybridized carbons (Fsp3) is 0.857. The standard InChI is InChI=1S/C14H28N4O2.2ClH/c1-11(2)13(15)14(20)17-10-12(19)16-6-9-18-7-4-3-5-8-18;;/h11,13H,3-10,15H2,1-2H3,(H,16,19)(H,17,20);2*1H/t13-;;/m0../s1. The lowest BCUT2D eigenvalue weighted by Crippen LogP contribution is -2.47. The lowest BCUT2D eigenvalue weighted by molar-refractivity contribution is -0.127. The van der Waals surface area contributed by atoms with Gasteiger partial charge in [-0.3, -0.25) is 9.59 Å². The highest BCUT2D eigenvalue weighted by Crippen LogP contribution is 2.07. The van der Waals surface area contributed by atoms with Gasteiger partial charge in [-0.15, -0.1) is 24.8 Å². The second kappa shape index (κ2) is 12.9. The Balaban J connectivity index is 0. The third-order valence-corrected chi connectivity index (χ3v) is 3.64. The van der Waals surface area contributed by atoms with Crippen LogP contribution in [-0.4, -0.2) is 55.5 Å². The molecule has 1 heterocycles. The van der Waals surface area contributed by atoms with E-state index in [1.807, 2.05) is 13.8 Å². The van der Waals surface area contributed by atoms with Gasteiger partial charge in [-0.2, -0.15) is 0 Å². The fourth-order valence-electron chi connectivity index (χ4n) is 2.19. The molecule has 0 aromatic carbocycles. The van der Waals surface area contributed by atoms with Gasteiger partial charge in [-0.25, -0.2) is 0 Å². The Morgan fingerprint density at radius 1 is 1.09 bits per heavy atom. The maximum absolute atomic E-state index is 11.6. The minimum Gasteiger partial charge on any atom is -0.353 e. The molecule has 0 spiro atoms. The molecule has 0 unspecified atom stereocenters. The molecule has 22 heavy (non-hydrogen) atoms. The van der Waals surface area contributed by atoms with Crippen molar-refractivity contribution in [2.24, 2.45) is 11.7 Å². The maximum atomic E-state index is 11.6. The number of likely N-dealkylation sites (tertiary alicyclic amines) is 1. The Morgan fingerprint density at radius 3 is 2.23 bits per heavy atom. The summed E-state index contributed by atoms with van der Waals surface area (Å²) in [4.78, 5) is 25.5. The molecule has 2 amide bonds. The van der Waals surface area contributed by atoms with Crippen molar-refractivity contribution in [2.45, 2.75) is 39.2 Å². The number of halogens is 2. The molecular weight excluding hydrogens is 327 g/mol. The molecule has 0 saturated carbocycles. The molecule has 0 aromatic heterocycles. The highest BCUT2D eigenvalue weighted by molar-refractivity contribution is 5.87. The number of nitrogens with two attached hydrogens (primary N) is 1. The van der Waals surface area contributed by atoms with Crippen LogP contribution >= 0.6 is 24.8 Å². The summed E-state index contributed by atoms with van der Waals surface area (Å²) in [5, 5.41) is 5.38. The first-order valence-corrected chi connectivity index (χ1v) is 7.53. The van der Waals surface area contributed by atoms with Crippen molar-refractivity contribution >= 4 is 36.6 Å². The molecule has 0 radical (unpaired) electrons. The van der Waals surface area contributed by atoms with Gasteiger partial charge >= 0.3 is 0 Å². The van der Waals surface area contributed by atoms with E-state index in [2.05, 4.69) is 15.5 Å². The van der Waals surface area contributed by atoms with E-state index in [0.29, 0.717) is 6.54 Å². The number of carbonyl (C=O) groups excluding carboxylic acids is 2. The highest BCUT2D eigenvalue weighted by atomic mass is 35.5. The molecule has 8 heteroatoms. The first-order chi connectivity index (χ1) is 9.50. The third-order valence-electron chi connectivity index (χ3n) is 3.64. The molecule has 1 aliphatic heterocycles. The van der Waals surface area contributed by atoms with Gasteiger partial charge in [0.25, 0.3) is 0 Å². The van der Waals surface area contributed by atoms with Crippen LogP contribution in [-0.2, 0) is 9.59 Å². The number of hydrogen-bond acceptors (Lipinski definition) is 4. The van der Waals surface area contributed by atoms with Crippen LogP contribution in [0.5, 0.6) is 0 Å². The molecule has 0 bridgehead atoms. The molecule has 1 aliphatic rings. The fourth-order valence-corrected chi connectivity index (χ4v) is 2.19. The van der Waals surface area contributed by atoms with Crippen LogP contribution in [0.1, 0.15) is 33.1 Å². The zero-order valence-electron chi connectivity index (χ0n) is 13.5. The van der Waals surface area contributed by atoms with Crippen LogP contribution in [0.25, 0.3) is 0 Å². The van der Waals surface area contributed by atoms with E-state index in [-0.39, 0.29) is 49.1 Å². The summed E-state index contributed by atoms with van der Waals surface area (Å²) in [5.74, 6) is -0.366. The second-order valence-electron chi connectivity index (χ2n) is 5.74. The minimum absolute atomic E-state index is 0. The summed E-state index contributed by atoms with van der Waals surface area (Å²) in [6.45, 7) is 7.51. The molecule has 1 fully saturated rings. The van der Waals surface area contributed by atoms with Gasteiger partial charge in [-0.05, 0) is 31.8 Å². The summed E-state index contributed by atoms with van der Waals surface area (Å²) in [6, 6.07) is -0.559. The van der Waals surface area contributed by atoms with Crippen LogP contribution < -0.4 is 16.4 Å². The van der Waals surface area contributed by atoms with E-state index < -0.39 is 6.04 Å². The Hall–Kier alpha value is -0.560. The van der Waals surface area contributed by atoms with Gasteiger partial charge in [0.2, 0.25) is 11.8 Å². The molecule has 4 N–H and O–H groups in total. The number of nitrogens with one attached hydrogen (secondary N) is 2. The number of amides is 2. The lowest BCUT2D eigenvalue weighted by Gasteiger charge is -2.26. The molecule has 6 nitrogen and oxygen atoms in total. The molecule has 1 rings (SSSR count). The number of rotatable bonds is 7. The van der Waals surface area contributed by atoms with Crippen molar-refractivity contribution < 1.29 is 9.59 Å². The van der Waals surface area contributed by atoms with E-state index in [4.69, 9.17) is 5.73 Å². The highest BCUT2D eigenvalue weighted by Gasteiger charge is 2.17. The van der Waals surface area contributed by atoms with E-state index in [1.54, 1.807) is 0 Å². The van der Waals surface area contributed by atoms with E-state index >= 15 is 0 Å². The largest absolute Gasteiger partial charge is 0.353 e. The molecule has 1 atom stereocenters. The van der Waals surface area contributed by atoms with Gasteiger partial charge in [0.05, 0.1) is 12.6 Å². The van der Waals surface area contributed by atoms with Gasteiger partial charge in [0, 0.05) is 13.1 Å². The predicted molar refractivity (Wildman–Crippen MR) is 93.6 cm³/mol. The van der Waals surface area contributed by atoms with Gasteiger partial charge < -0.3 is 21.3 Å². The minimum atomic E-state index is -0.559. The molecule has 0 aliphatic carbocycles. The van der Waals surface area contributed by atoms with E-state index in [9.17, 15) is 9.59 Å². The van der Waals surface area contributed by atoms with E-state index in [0.717, 1.165) is 19.6 Å². The quantitative estimate of drug-likeness (QED) is 0.620. The zero-order chi connectivity index (χ0) is 15.0. The molecule has 0 aromatic rings. The smallest absolute Gasteiger partial charge is 0.239 e. The normalized spacial score (nSPS) is 16.2. The maximum Gasteiger partial charge on any atom is 0.239 e. The molecular formula is C14H30Cl2N4O2. The first-order valence-electron chi connectivity index (χ1n) is 7.53. The summed E-state index contributed by atoms with van der Waals surface area (Å²) >= 11 is 0. The van der Waals surface area contributed by atoms with Crippen molar-refractivity contribution in [3.63, 3.8) is 0 Å². The van der Waals surface area contributed by atoms with Crippen LogP contribution in [0, 0.1) is 5.92 Å². The Morgan fingerprint density at radius 2 is 1.68 bits per heavy atom. The van der Waals surface area contributed by atoms with Crippen molar-refractivity contribution in [1.29, 1.82) is 0 Å². The number of piperidine rings is 1. The van der Waals surface area contributed by atoms with Crippen molar-refractivity contribution in [1.82, 2.24) is 15.5 Å². The first kappa shape index (κ1) is 23.7. The van der Waals surface area contributed by atoms with Crippen LogP contribution in [0.4, 0.5) is 0 Å². The third kappa shape index (κ3) is 9.46. The monoisotopic (exact) mass is 356 g/mol. The van der Waals surface area contributed by atoms with Crippen LogP contribution in [0.15, 0.2) is 0 Å². The van der Waals surface area contributed by atoms with Gasteiger partial charge in [0.15, 0.2) is 0 Å². The topological polar surface area (TPSA) is 87.5 Å². The van der Waals surface area contributed by atoms with Crippen LogP contribution in [0.3, 0.4) is 0 Å². The zero-order valence-corrected chi connectivity index (χ0v) is 15.1. The Kier molecular flexibility index (Phi) is 13.9. The number of nitrogens with zero attached hydrogens (tertiary/aromatic N) is 1. The molecule has 132 valence electrons. The summed E-state index contributed by atoms with van der Waals surface area (Å²) in [7, 11) is 0. The number of carbonyl (C=O) groups is 2. The van der Waals surface area contributed by atoms with Crippen LogP contribution in [0.2, 0.25) is 0 Å². The SMILES string of the molecule is CC(C)[C@H](N)C(=O)NCC(=O)NCCN1CCCCC1.Cl.Cl. The average Bonchev–Trinajstić information content (AvgIpc) is 2.45. The summed E-state index contributed by atoms with van der Waals surface area (Å²) in [6.07, 6.45) is 3.80. The number of hydrogen-bond donors (Lipinski definition) is 3. The summed E-state index contributed by atoms with van der Waals surface area (Å²) in [5.41, 5.74) is 5.69. The van der Waals surface area contributed by atoms with Crippen molar-refractivity contribution in [2.75, 3.05) is 32.7 Å². The Bertz CT molecular complexity index is 324. The second-order valence-corrected chi connectivity index (χ2v) is 5.74. The summed E-state index contributed by atoms with van der Waals surface area (Å²) < 4.78 is 0. The van der Waals surface area contributed by atoms with Crippen molar-refractivity contribution in [3.05, 3.63) is 0 Å². The average molecular weight is 357 g/mol. The lowest BCUT2D eigenvalue weighted by atomic mass is 10.1. The van der Waals surface area contributed by atoms with Gasteiger partial charge in [-0.1, -0.05) is 20.3 Å². The van der Waals surface area contributed by atoms with Crippen molar-refractivity contribution in [3.8, 4) is 0 Å². The van der Waals surface area contributed by atoms with E-state index in [1.165, 1.54) is 19.3 Å². The Labute approximate surface area is 145 Å². The predicted octanol–water partition coefficient (Wildman–Crippen LogP) is 0.532.